The predicted molar refractivity (Wildman–Crippen MR) is 57.0 cm³/mol. The molecule has 2 rings (SSSR count). The number of hydrogen-bond donors (Lipinski definition) is 1. The van der Waals surface area contributed by atoms with Gasteiger partial charge < -0.3 is 5.73 Å². The SMILES string of the molecule is NCc1cc(Cc2cccs2)ncn1. The third kappa shape index (κ3) is 2.16. The van der Waals surface area contributed by atoms with Crippen LogP contribution in [0, 0.1) is 0 Å². The van der Waals surface area contributed by atoms with Gasteiger partial charge in [0.15, 0.2) is 0 Å². The van der Waals surface area contributed by atoms with Crippen molar-refractivity contribution in [3.8, 4) is 0 Å². The molecular formula is C10H11N3S. The molecule has 0 unspecified atom stereocenters. The highest BCUT2D eigenvalue weighted by Gasteiger charge is 1.99. The van der Waals surface area contributed by atoms with E-state index >= 15 is 0 Å². The third-order valence-electron chi connectivity index (χ3n) is 1.92. The van der Waals surface area contributed by atoms with Crippen molar-refractivity contribution in [2.24, 2.45) is 5.73 Å². The van der Waals surface area contributed by atoms with E-state index in [1.807, 2.05) is 12.1 Å². The Labute approximate surface area is 86.6 Å². The van der Waals surface area contributed by atoms with E-state index in [4.69, 9.17) is 5.73 Å². The normalized spacial score (nSPS) is 10.4. The molecule has 2 heterocycles. The van der Waals surface area contributed by atoms with Crippen molar-refractivity contribution in [1.29, 1.82) is 0 Å². The Bertz CT molecular complexity index is 398. The maximum Gasteiger partial charge on any atom is 0.116 e. The summed E-state index contributed by atoms with van der Waals surface area (Å²) in [5.74, 6) is 0. The number of rotatable bonds is 3. The quantitative estimate of drug-likeness (QED) is 0.827. The summed E-state index contributed by atoms with van der Waals surface area (Å²) in [6, 6.07) is 6.11. The van der Waals surface area contributed by atoms with Crippen LogP contribution in [0.4, 0.5) is 0 Å². The lowest BCUT2D eigenvalue weighted by Gasteiger charge is -1.99. The summed E-state index contributed by atoms with van der Waals surface area (Å²) >= 11 is 1.74. The van der Waals surface area contributed by atoms with Crippen molar-refractivity contribution in [2.45, 2.75) is 13.0 Å². The molecule has 72 valence electrons. The molecule has 0 amide bonds. The van der Waals surface area contributed by atoms with Gasteiger partial charge in [-0.05, 0) is 17.5 Å². The summed E-state index contributed by atoms with van der Waals surface area (Å²) < 4.78 is 0. The highest BCUT2D eigenvalue weighted by atomic mass is 32.1. The van der Waals surface area contributed by atoms with Gasteiger partial charge >= 0.3 is 0 Å². The van der Waals surface area contributed by atoms with Crippen molar-refractivity contribution in [3.05, 3.63) is 46.2 Å². The fourth-order valence-corrected chi connectivity index (χ4v) is 1.96. The lowest BCUT2D eigenvalue weighted by molar-refractivity contribution is 0.931. The minimum absolute atomic E-state index is 0.472. The monoisotopic (exact) mass is 205 g/mol. The van der Waals surface area contributed by atoms with E-state index in [1.165, 1.54) is 4.88 Å². The first-order valence-corrected chi connectivity index (χ1v) is 5.28. The molecule has 0 aliphatic heterocycles. The van der Waals surface area contributed by atoms with Crippen LogP contribution in [0.1, 0.15) is 16.3 Å². The Morgan fingerprint density at radius 1 is 1.29 bits per heavy atom. The van der Waals surface area contributed by atoms with E-state index < -0.39 is 0 Å². The van der Waals surface area contributed by atoms with Crippen LogP contribution in [-0.2, 0) is 13.0 Å². The number of nitrogens with two attached hydrogens (primary N) is 1. The van der Waals surface area contributed by atoms with Gasteiger partial charge in [0.05, 0.1) is 5.69 Å². The molecule has 0 saturated carbocycles. The second kappa shape index (κ2) is 4.30. The first kappa shape index (κ1) is 9.30. The molecule has 14 heavy (non-hydrogen) atoms. The summed E-state index contributed by atoms with van der Waals surface area (Å²) in [5, 5.41) is 2.07. The topological polar surface area (TPSA) is 51.8 Å². The van der Waals surface area contributed by atoms with Gasteiger partial charge in [-0.25, -0.2) is 9.97 Å². The molecule has 3 nitrogen and oxygen atoms in total. The van der Waals surface area contributed by atoms with Crippen LogP contribution in [0.25, 0.3) is 0 Å². The highest BCUT2D eigenvalue weighted by Crippen LogP contribution is 2.13. The molecule has 0 spiro atoms. The van der Waals surface area contributed by atoms with E-state index in [2.05, 4.69) is 21.4 Å². The van der Waals surface area contributed by atoms with Crippen molar-refractivity contribution >= 4 is 11.3 Å². The third-order valence-corrected chi connectivity index (χ3v) is 2.80. The zero-order valence-electron chi connectivity index (χ0n) is 7.68. The Morgan fingerprint density at radius 3 is 2.86 bits per heavy atom. The summed E-state index contributed by atoms with van der Waals surface area (Å²) in [4.78, 5) is 9.57. The highest BCUT2D eigenvalue weighted by molar-refractivity contribution is 7.09. The van der Waals surface area contributed by atoms with Crippen LogP contribution >= 0.6 is 11.3 Å². The summed E-state index contributed by atoms with van der Waals surface area (Å²) in [6.45, 7) is 0.472. The molecule has 0 aliphatic carbocycles. The van der Waals surface area contributed by atoms with Gasteiger partial charge in [-0.3, -0.25) is 0 Å². The minimum atomic E-state index is 0.472. The van der Waals surface area contributed by atoms with Crippen LogP contribution in [0.3, 0.4) is 0 Å². The maximum atomic E-state index is 5.50. The van der Waals surface area contributed by atoms with Gasteiger partial charge in [0, 0.05) is 23.5 Å². The Balaban J connectivity index is 2.17. The second-order valence-electron chi connectivity index (χ2n) is 2.96. The Morgan fingerprint density at radius 2 is 2.14 bits per heavy atom. The standard InChI is InChI=1S/C10H11N3S/c11-6-9-4-8(12-7-13-9)5-10-2-1-3-14-10/h1-4,7H,5-6,11H2. The van der Waals surface area contributed by atoms with E-state index in [9.17, 15) is 0 Å². The lowest BCUT2D eigenvalue weighted by atomic mass is 10.2. The average molecular weight is 205 g/mol. The molecule has 0 fully saturated rings. The lowest BCUT2D eigenvalue weighted by Crippen LogP contribution is -2.02. The zero-order valence-corrected chi connectivity index (χ0v) is 8.50. The van der Waals surface area contributed by atoms with Crippen LogP contribution in [-0.4, -0.2) is 9.97 Å². The van der Waals surface area contributed by atoms with Gasteiger partial charge in [0.2, 0.25) is 0 Å². The molecule has 0 aromatic carbocycles. The molecule has 2 aromatic heterocycles. The molecule has 0 bridgehead atoms. The smallest absolute Gasteiger partial charge is 0.116 e. The molecule has 0 saturated heterocycles. The Kier molecular flexibility index (Phi) is 2.86. The van der Waals surface area contributed by atoms with E-state index in [-0.39, 0.29) is 0 Å². The fraction of sp³-hybridized carbons (Fsp3) is 0.200. The maximum absolute atomic E-state index is 5.50. The van der Waals surface area contributed by atoms with Gasteiger partial charge in [0.1, 0.15) is 6.33 Å². The number of aromatic nitrogens is 2. The molecule has 4 heteroatoms. The second-order valence-corrected chi connectivity index (χ2v) is 3.99. The van der Waals surface area contributed by atoms with E-state index in [1.54, 1.807) is 17.7 Å². The minimum Gasteiger partial charge on any atom is -0.325 e. The van der Waals surface area contributed by atoms with Crippen LogP contribution in [0.5, 0.6) is 0 Å². The molecule has 2 N–H and O–H groups in total. The van der Waals surface area contributed by atoms with E-state index in [0.717, 1.165) is 17.8 Å². The zero-order chi connectivity index (χ0) is 9.80. The van der Waals surface area contributed by atoms with Crippen LogP contribution in [0.15, 0.2) is 29.9 Å². The molecular weight excluding hydrogens is 194 g/mol. The van der Waals surface area contributed by atoms with Gasteiger partial charge in [-0.2, -0.15) is 0 Å². The van der Waals surface area contributed by atoms with Gasteiger partial charge in [0.25, 0.3) is 0 Å². The first-order valence-electron chi connectivity index (χ1n) is 4.41. The van der Waals surface area contributed by atoms with Crippen molar-refractivity contribution in [2.75, 3.05) is 0 Å². The van der Waals surface area contributed by atoms with Crippen molar-refractivity contribution in [3.63, 3.8) is 0 Å². The Hall–Kier alpha value is -1.26. The molecule has 0 aliphatic rings. The van der Waals surface area contributed by atoms with Crippen LogP contribution < -0.4 is 5.73 Å². The fourth-order valence-electron chi connectivity index (χ4n) is 1.24. The largest absolute Gasteiger partial charge is 0.325 e. The molecule has 2 aromatic rings. The predicted octanol–water partition coefficient (Wildman–Crippen LogP) is 1.59. The first-order chi connectivity index (χ1) is 6.88. The summed E-state index contributed by atoms with van der Waals surface area (Å²) in [6.07, 6.45) is 2.44. The van der Waals surface area contributed by atoms with Gasteiger partial charge in [-0.1, -0.05) is 6.07 Å². The molecule has 0 radical (unpaired) electrons. The summed E-state index contributed by atoms with van der Waals surface area (Å²) in [5.41, 5.74) is 7.43. The summed E-state index contributed by atoms with van der Waals surface area (Å²) in [7, 11) is 0. The number of nitrogens with zero attached hydrogens (tertiary/aromatic N) is 2. The molecule has 0 atom stereocenters. The number of hydrogen-bond acceptors (Lipinski definition) is 4. The number of thiophene rings is 1. The van der Waals surface area contributed by atoms with Crippen molar-refractivity contribution < 1.29 is 0 Å². The van der Waals surface area contributed by atoms with Gasteiger partial charge in [-0.15, -0.1) is 11.3 Å². The van der Waals surface area contributed by atoms with Crippen molar-refractivity contribution in [1.82, 2.24) is 9.97 Å². The average Bonchev–Trinajstić information content (AvgIpc) is 2.71. The van der Waals surface area contributed by atoms with Crippen LogP contribution in [0.2, 0.25) is 0 Å². The van der Waals surface area contributed by atoms with E-state index in [0.29, 0.717) is 6.54 Å².